The van der Waals surface area contributed by atoms with Crippen molar-refractivity contribution in [2.24, 2.45) is 0 Å². The normalized spacial score (nSPS) is 13.2. The van der Waals surface area contributed by atoms with Gasteiger partial charge in [0.15, 0.2) is 0 Å². The minimum absolute atomic E-state index is 0.167. The number of carbonyl (C=O) groups excluding carboxylic acids is 1. The van der Waals surface area contributed by atoms with Crippen LogP contribution in [0.15, 0.2) is 59.4 Å². The Hall–Kier alpha value is -3.89. The summed E-state index contributed by atoms with van der Waals surface area (Å²) in [6.07, 6.45) is 0.499. The molecular weight excluding hydrogens is 416 g/mol. The third kappa shape index (κ3) is 6.09. The van der Waals surface area contributed by atoms with Gasteiger partial charge >= 0.3 is 0 Å². The Morgan fingerprint density at radius 1 is 1.09 bits per heavy atom. The smallest absolute Gasteiger partial charge is 0.255 e. The van der Waals surface area contributed by atoms with Crippen LogP contribution in [0.5, 0.6) is 0 Å². The summed E-state index contributed by atoms with van der Waals surface area (Å²) in [6, 6.07) is 17.1. The molecule has 0 unspecified atom stereocenters. The lowest BCUT2D eigenvalue weighted by atomic mass is 10.1. The molecule has 2 N–H and O–H groups in total. The van der Waals surface area contributed by atoms with Crippen molar-refractivity contribution in [3.8, 4) is 11.8 Å². The zero-order valence-electron chi connectivity index (χ0n) is 18.6. The third-order valence-electron chi connectivity index (χ3n) is 5.39. The minimum atomic E-state index is -0.199. The Labute approximate surface area is 192 Å². The predicted octanol–water partition coefficient (Wildman–Crippen LogP) is 2.89. The van der Waals surface area contributed by atoms with Crippen molar-refractivity contribution in [1.82, 2.24) is 9.97 Å². The van der Waals surface area contributed by atoms with Crippen molar-refractivity contribution in [3.05, 3.63) is 87.3 Å². The molecule has 1 amide bonds. The van der Waals surface area contributed by atoms with Crippen LogP contribution in [0.2, 0.25) is 0 Å². The fourth-order valence-electron chi connectivity index (χ4n) is 3.62. The Balaban J connectivity index is 1.37. The lowest BCUT2D eigenvalue weighted by Gasteiger charge is -2.27. The van der Waals surface area contributed by atoms with Crippen molar-refractivity contribution in [3.63, 3.8) is 0 Å². The molecule has 0 atom stereocenters. The molecule has 2 aromatic carbocycles. The van der Waals surface area contributed by atoms with E-state index in [0.29, 0.717) is 55.6 Å². The molecule has 33 heavy (non-hydrogen) atoms. The maximum absolute atomic E-state index is 12.6. The molecule has 7 heteroatoms. The van der Waals surface area contributed by atoms with Crippen molar-refractivity contribution >= 4 is 17.5 Å². The second-order valence-corrected chi connectivity index (χ2v) is 7.80. The predicted molar refractivity (Wildman–Crippen MR) is 128 cm³/mol. The number of amides is 1. The number of nitrogens with zero attached hydrogens (tertiary/aromatic N) is 2. The van der Waals surface area contributed by atoms with E-state index >= 15 is 0 Å². The lowest BCUT2D eigenvalue weighted by molar-refractivity contribution is -0.116. The second-order valence-electron chi connectivity index (χ2n) is 7.80. The second kappa shape index (κ2) is 10.6. The first kappa shape index (κ1) is 22.3. The fourth-order valence-corrected chi connectivity index (χ4v) is 3.62. The number of hydrogen-bond acceptors (Lipinski definition) is 5. The van der Waals surface area contributed by atoms with Gasteiger partial charge in [0, 0.05) is 47.6 Å². The van der Waals surface area contributed by atoms with Gasteiger partial charge in [0.25, 0.3) is 5.56 Å². The zero-order chi connectivity index (χ0) is 23.0. The fraction of sp³-hybridized carbons (Fsp3) is 0.269. The molecule has 0 radical (unpaired) electrons. The van der Waals surface area contributed by atoms with Gasteiger partial charge in [-0.05, 0) is 43.7 Å². The third-order valence-corrected chi connectivity index (χ3v) is 5.39. The van der Waals surface area contributed by atoms with Crippen molar-refractivity contribution < 1.29 is 9.53 Å². The number of anilines is 2. The van der Waals surface area contributed by atoms with E-state index in [9.17, 15) is 9.59 Å². The van der Waals surface area contributed by atoms with Gasteiger partial charge < -0.3 is 15.0 Å². The molecule has 1 aliphatic heterocycles. The number of rotatable bonds is 5. The quantitative estimate of drug-likeness (QED) is 0.594. The summed E-state index contributed by atoms with van der Waals surface area (Å²) in [4.78, 5) is 34.5. The van der Waals surface area contributed by atoms with E-state index in [-0.39, 0.29) is 17.9 Å². The maximum atomic E-state index is 12.6. The van der Waals surface area contributed by atoms with Crippen LogP contribution in [0.1, 0.15) is 28.8 Å². The molecule has 0 saturated carbocycles. The van der Waals surface area contributed by atoms with Crippen LogP contribution in [0.25, 0.3) is 0 Å². The number of hydrogen-bond donors (Lipinski definition) is 2. The number of benzene rings is 2. The molecule has 4 rings (SSSR count). The van der Waals surface area contributed by atoms with Crippen LogP contribution in [0.4, 0.5) is 11.6 Å². The van der Waals surface area contributed by atoms with Crippen LogP contribution in [-0.4, -0.2) is 42.2 Å². The Bertz CT molecular complexity index is 1240. The highest BCUT2D eigenvalue weighted by Gasteiger charge is 2.16. The van der Waals surface area contributed by atoms with Gasteiger partial charge in [-0.25, -0.2) is 4.98 Å². The number of aromatic nitrogens is 2. The largest absolute Gasteiger partial charge is 0.378 e. The molecule has 0 aliphatic carbocycles. The van der Waals surface area contributed by atoms with E-state index in [0.717, 1.165) is 11.1 Å². The van der Waals surface area contributed by atoms with Gasteiger partial charge in [-0.2, -0.15) is 0 Å². The first-order valence-corrected chi connectivity index (χ1v) is 11.0. The molecule has 1 saturated heterocycles. The van der Waals surface area contributed by atoms with E-state index in [1.165, 1.54) is 0 Å². The number of carbonyl (C=O) groups is 1. The van der Waals surface area contributed by atoms with Gasteiger partial charge in [-0.1, -0.05) is 36.1 Å². The number of ether oxygens (including phenoxy) is 1. The molecule has 1 fully saturated rings. The van der Waals surface area contributed by atoms with Crippen molar-refractivity contribution in [2.45, 2.75) is 19.8 Å². The monoisotopic (exact) mass is 442 g/mol. The minimum Gasteiger partial charge on any atom is -0.378 e. The number of nitrogens with one attached hydrogen (secondary N) is 2. The maximum Gasteiger partial charge on any atom is 0.255 e. The summed E-state index contributed by atoms with van der Waals surface area (Å²) in [5.74, 6) is 6.61. The van der Waals surface area contributed by atoms with Crippen LogP contribution in [0, 0.1) is 18.8 Å². The molecule has 168 valence electrons. The Morgan fingerprint density at radius 2 is 1.82 bits per heavy atom. The highest BCUT2D eigenvalue weighted by molar-refractivity contribution is 5.91. The van der Waals surface area contributed by atoms with E-state index in [4.69, 9.17) is 4.74 Å². The molecule has 0 bridgehead atoms. The van der Waals surface area contributed by atoms with Gasteiger partial charge in [0.2, 0.25) is 11.9 Å². The van der Waals surface area contributed by atoms with E-state index in [1.54, 1.807) is 6.92 Å². The van der Waals surface area contributed by atoms with Crippen LogP contribution in [-0.2, 0) is 16.0 Å². The summed E-state index contributed by atoms with van der Waals surface area (Å²) >= 11 is 0. The summed E-state index contributed by atoms with van der Waals surface area (Å²) < 4.78 is 5.35. The Morgan fingerprint density at radius 3 is 2.58 bits per heavy atom. The molecule has 7 nitrogen and oxygen atoms in total. The number of H-pyrrole nitrogens is 1. The zero-order valence-corrected chi connectivity index (χ0v) is 18.6. The van der Waals surface area contributed by atoms with Gasteiger partial charge in [-0.3, -0.25) is 14.6 Å². The first-order chi connectivity index (χ1) is 16.1. The standard InChI is InChI=1S/C26H26N4O3/c1-19-23(25(32)29-26(27-19)30-14-16-33-17-15-30)12-13-24(31)28-22-9-5-8-21(18-22)11-10-20-6-3-2-4-7-20/h2-9,18H,12-17H2,1H3,(H,28,31)(H,27,29,32). The average Bonchev–Trinajstić information content (AvgIpc) is 2.83. The number of aromatic amines is 1. The highest BCUT2D eigenvalue weighted by atomic mass is 16.5. The summed E-state index contributed by atoms with van der Waals surface area (Å²) in [5.41, 5.74) is 3.39. The molecule has 1 aromatic heterocycles. The number of morpholine rings is 1. The van der Waals surface area contributed by atoms with Gasteiger partial charge in [0.1, 0.15) is 0 Å². The number of aryl methyl sites for hydroxylation is 1. The summed E-state index contributed by atoms with van der Waals surface area (Å²) in [5, 5.41) is 2.89. The first-order valence-electron chi connectivity index (χ1n) is 11.0. The van der Waals surface area contributed by atoms with Crippen LogP contribution >= 0.6 is 0 Å². The van der Waals surface area contributed by atoms with Gasteiger partial charge in [-0.15, -0.1) is 0 Å². The SMILES string of the molecule is Cc1nc(N2CCOCC2)[nH]c(=O)c1CCC(=O)Nc1cccc(C#Cc2ccccc2)c1. The summed E-state index contributed by atoms with van der Waals surface area (Å²) in [6.45, 7) is 4.42. The summed E-state index contributed by atoms with van der Waals surface area (Å²) in [7, 11) is 0. The highest BCUT2D eigenvalue weighted by Crippen LogP contribution is 2.13. The van der Waals surface area contributed by atoms with Crippen LogP contribution in [0.3, 0.4) is 0 Å². The average molecular weight is 443 g/mol. The Kier molecular flexibility index (Phi) is 7.18. The molecule has 3 aromatic rings. The van der Waals surface area contributed by atoms with E-state index in [1.807, 2.05) is 59.5 Å². The topological polar surface area (TPSA) is 87.3 Å². The van der Waals surface area contributed by atoms with E-state index in [2.05, 4.69) is 27.1 Å². The van der Waals surface area contributed by atoms with Crippen LogP contribution < -0.4 is 15.8 Å². The molecule has 2 heterocycles. The molecule has 0 spiro atoms. The van der Waals surface area contributed by atoms with E-state index < -0.39 is 0 Å². The van der Waals surface area contributed by atoms with Crippen molar-refractivity contribution in [1.29, 1.82) is 0 Å². The molecular formula is C26H26N4O3. The van der Waals surface area contributed by atoms with Gasteiger partial charge in [0.05, 0.1) is 13.2 Å². The van der Waals surface area contributed by atoms with Crippen molar-refractivity contribution in [2.75, 3.05) is 36.5 Å². The molecule has 1 aliphatic rings. The lowest BCUT2D eigenvalue weighted by Crippen LogP contribution is -2.38.